The molecule has 0 amide bonds. The molecule has 0 atom stereocenters. The summed E-state index contributed by atoms with van der Waals surface area (Å²) in [5, 5.41) is 13.3. The van der Waals surface area contributed by atoms with Crippen LogP contribution >= 0.6 is 0 Å². The van der Waals surface area contributed by atoms with Gasteiger partial charge in [-0.3, -0.25) is 0 Å². The molecule has 0 aromatic heterocycles. The first-order valence-electron chi connectivity index (χ1n) is 3.81. The summed E-state index contributed by atoms with van der Waals surface area (Å²) in [4.78, 5) is -0.829. The quantitative estimate of drug-likeness (QED) is 0.813. The second kappa shape index (κ2) is 3.77. The van der Waals surface area contributed by atoms with Gasteiger partial charge in [0.1, 0.15) is 11.0 Å². The number of nitrogens with two attached hydrogens (primary N) is 1. The van der Waals surface area contributed by atoms with Crippen molar-refractivity contribution >= 4 is 10.0 Å². The number of sulfonamides is 1. The fourth-order valence-electron chi connectivity index (χ4n) is 1.12. The maximum atomic E-state index is 12.4. The first-order valence-corrected chi connectivity index (χ1v) is 5.35. The second-order valence-electron chi connectivity index (χ2n) is 2.83. The van der Waals surface area contributed by atoms with Crippen LogP contribution in [0.5, 0.6) is 0 Å². The van der Waals surface area contributed by atoms with Crippen molar-refractivity contribution < 1.29 is 21.6 Å². The molecular formula is C8H5F3N2O2S. The van der Waals surface area contributed by atoms with E-state index in [1.165, 1.54) is 6.07 Å². The Bertz CT molecular complexity index is 558. The van der Waals surface area contributed by atoms with Gasteiger partial charge in [0, 0.05) is 0 Å². The molecule has 0 heterocycles. The van der Waals surface area contributed by atoms with Crippen molar-refractivity contribution in [2.75, 3.05) is 0 Å². The Morgan fingerprint density at radius 2 is 1.88 bits per heavy atom. The summed E-state index contributed by atoms with van der Waals surface area (Å²) in [5.74, 6) is 0. The molecule has 0 bridgehead atoms. The number of hydrogen-bond acceptors (Lipinski definition) is 3. The Balaban J connectivity index is 3.66. The zero-order valence-corrected chi connectivity index (χ0v) is 8.43. The molecule has 2 N–H and O–H groups in total. The molecule has 0 aliphatic carbocycles. The summed E-state index contributed by atoms with van der Waals surface area (Å²) in [6.07, 6.45) is -4.80. The van der Waals surface area contributed by atoms with Gasteiger partial charge in [0.15, 0.2) is 0 Å². The molecule has 1 rings (SSSR count). The van der Waals surface area contributed by atoms with Gasteiger partial charge in [-0.15, -0.1) is 0 Å². The number of alkyl halides is 3. The zero-order chi connectivity index (χ0) is 12.6. The van der Waals surface area contributed by atoms with Gasteiger partial charge in [-0.2, -0.15) is 18.4 Å². The summed E-state index contributed by atoms with van der Waals surface area (Å²) in [5.41, 5.74) is -2.31. The smallest absolute Gasteiger partial charge is 0.225 e. The normalized spacial score (nSPS) is 12.2. The molecule has 1 aromatic carbocycles. The highest BCUT2D eigenvalue weighted by atomic mass is 32.2. The third-order valence-corrected chi connectivity index (χ3v) is 2.70. The lowest BCUT2D eigenvalue weighted by atomic mass is 10.1. The van der Waals surface area contributed by atoms with E-state index >= 15 is 0 Å². The predicted octanol–water partition coefficient (Wildman–Crippen LogP) is 1.22. The zero-order valence-electron chi connectivity index (χ0n) is 7.62. The number of nitriles is 1. The van der Waals surface area contributed by atoms with Crippen LogP contribution in [0.4, 0.5) is 13.2 Å². The molecule has 0 aliphatic rings. The van der Waals surface area contributed by atoms with E-state index in [0.29, 0.717) is 6.07 Å². The van der Waals surface area contributed by atoms with E-state index in [1.54, 1.807) is 0 Å². The van der Waals surface area contributed by atoms with Crippen LogP contribution in [0.1, 0.15) is 11.1 Å². The highest BCUT2D eigenvalue weighted by molar-refractivity contribution is 7.89. The molecule has 0 unspecified atom stereocenters. The SMILES string of the molecule is N#Cc1c(C(F)(F)F)cccc1S(N)(=O)=O. The predicted molar refractivity (Wildman–Crippen MR) is 47.5 cm³/mol. The third-order valence-electron chi connectivity index (χ3n) is 1.75. The van der Waals surface area contributed by atoms with Crippen LogP contribution in [0.15, 0.2) is 23.1 Å². The van der Waals surface area contributed by atoms with Gasteiger partial charge >= 0.3 is 6.18 Å². The van der Waals surface area contributed by atoms with E-state index in [2.05, 4.69) is 0 Å². The van der Waals surface area contributed by atoms with Crippen molar-refractivity contribution in [2.24, 2.45) is 5.14 Å². The average Bonchev–Trinajstić information content (AvgIpc) is 2.13. The Labute approximate surface area is 89.2 Å². The minimum atomic E-state index is -4.80. The molecule has 4 nitrogen and oxygen atoms in total. The number of nitrogens with zero attached hydrogens (tertiary/aromatic N) is 1. The van der Waals surface area contributed by atoms with Gasteiger partial charge in [-0.25, -0.2) is 13.6 Å². The summed E-state index contributed by atoms with van der Waals surface area (Å²) in [6.45, 7) is 0. The van der Waals surface area contributed by atoms with Crippen molar-refractivity contribution in [3.8, 4) is 6.07 Å². The van der Waals surface area contributed by atoms with Crippen LogP contribution in [0, 0.1) is 11.3 Å². The largest absolute Gasteiger partial charge is 0.417 e. The van der Waals surface area contributed by atoms with Crippen molar-refractivity contribution in [1.29, 1.82) is 5.26 Å². The maximum Gasteiger partial charge on any atom is 0.417 e. The number of primary sulfonamides is 1. The highest BCUT2D eigenvalue weighted by Gasteiger charge is 2.35. The second-order valence-corrected chi connectivity index (χ2v) is 4.36. The van der Waals surface area contributed by atoms with Crippen molar-refractivity contribution in [2.45, 2.75) is 11.1 Å². The molecule has 1 aromatic rings. The summed E-state index contributed by atoms with van der Waals surface area (Å²) in [6, 6.07) is 3.55. The van der Waals surface area contributed by atoms with Crippen LogP contribution in [-0.4, -0.2) is 8.42 Å². The van der Waals surface area contributed by atoms with Gasteiger partial charge in [-0.1, -0.05) is 6.07 Å². The molecule has 0 saturated carbocycles. The molecule has 0 radical (unpaired) electrons. The fourth-order valence-corrected chi connectivity index (χ4v) is 1.83. The van der Waals surface area contributed by atoms with Crippen LogP contribution in [0.3, 0.4) is 0 Å². The third kappa shape index (κ3) is 2.32. The molecular weight excluding hydrogens is 245 g/mol. The van der Waals surface area contributed by atoms with Crippen molar-refractivity contribution in [1.82, 2.24) is 0 Å². The number of hydrogen-bond donors (Lipinski definition) is 1. The highest BCUT2D eigenvalue weighted by Crippen LogP contribution is 2.33. The minimum Gasteiger partial charge on any atom is -0.225 e. The summed E-state index contributed by atoms with van der Waals surface area (Å²) < 4.78 is 59.2. The van der Waals surface area contributed by atoms with E-state index in [-0.39, 0.29) is 0 Å². The van der Waals surface area contributed by atoms with Crippen LogP contribution in [0.25, 0.3) is 0 Å². The maximum absolute atomic E-state index is 12.4. The lowest BCUT2D eigenvalue weighted by molar-refractivity contribution is -0.137. The lowest BCUT2D eigenvalue weighted by Crippen LogP contribution is -2.17. The molecule has 0 saturated heterocycles. The van der Waals surface area contributed by atoms with Crippen LogP contribution < -0.4 is 5.14 Å². The summed E-state index contributed by atoms with van der Waals surface area (Å²) in [7, 11) is -4.35. The minimum absolute atomic E-state index is 0.618. The number of rotatable bonds is 1. The summed E-state index contributed by atoms with van der Waals surface area (Å²) >= 11 is 0. The van der Waals surface area contributed by atoms with Crippen molar-refractivity contribution in [3.63, 3.8) is 0 Å². The molecule has 0 aliphatic heterocycles. The molecule has 86 valence electrons. The molecule has 16 heavy (non-hydrogen) atoms. The van der Waals surface area contributed by atoms with E-state index < -0.39 is 32.2 Å². The monoisotopic (exact) mass is 250 g/mol. The van der Waals surface area contributed by atoms with Gasteiger partial charge in [0.2, 0.25) is 10.0 Å². The Hall–Kier alpha value is -1.59. The van der Waals surface area contributed by atoms with Crippen molar-refractivity contribution in [3.05, 3.63) is 29.3 Å². The van der Waals surface area contributed by atoms with E-state index in [0.717, 1.165) is 12.1 Å². The van der Waals surface area contributed by atoms with E-state index in [1.807, 2.05) is 0 Å². The first-order chi connectivity index (χ1) is 7.18. The Kier molecular flexibility index (Phi) is 2.94. The Morgan fingerprint density at radius 1 is 1.31 bits per heavy atom. The van der Waals surface area contributed by atoms with Gasteiger partial charge in [0.25, 0.3) is 0 Å². The first kappa shape index (κ1) is 12.5. The van der Waals surface area contributed by atoms with Gasteiger partial charge < -0.3 is 0 Å². The van der Waals surface area contributed by atoms with Gasteiger partial charge in [0.05, 0.1) is 11.1 Å². The molecule has 0 fully saturated rings. The number of halogens is 3. The average molecular weight is 250 g/mol. The van der Waals surface area contributed by atoms with E-state index in [4.69, 9.17) is 10.4 Å². The van der Waals surface area contributed by atoms with Gasteiger partial charge in [-0.05, 0) is 12.1 Å². The Morgan fingerprint density at radius 3 is 2.25 bits per heavy atom. The molecule has 8 heteroatoms. The van der Waals surface area contributed by atoms with Crippen LogP contribution in [-0.2, 0) is 16.2 Å². The molecule has 0 spiro atoms. The standard InChI is InChI=1S/C8H5F3N2O2S/c9-8(10,11)6-2-1-3-7(5(6)4-12)16(13,14)15/h1-3H,(H2,13,14,15). The lowest BCUT2D eigenvalue weighted by Gasteiger charge is -2.10. The topological polar surface area (TPSA) is 83.9 Å². The fraction of sp³-hybridized carbons (Fsp3) is 0.125. The van der Waals surface area contributed by atoms with Crippen LogP contribution in [0.2, 0.25) is 0 Å². The van der Waals surface area contributed by atoms with E-state index in [9.17, 15) is 21.6 Å². The number of benzene rings is 1.